The maximum atomic E-state index is 12.9. The molecule has 0 bridgehead atoms. The molecule has 0 amide bonds. The van der Waals surface area contributed by atoms with Gasteiger partial charge in [-0.3, -0.25) is 14.9 Å². The van der Waals surface area contributed by atoms with E-state index < -0.39 is 34.2 Å². The molecule has 0 heterocycles. The zero-order valence-corrected chi connectivity index (χ0v) is 17.7. The number of anilines is 1. The van der Waals surface area contributed by atoms with Crippen molar-refractivity contribution in [2.75, 3.05) is 25.1 Å². The van der Waals surface area contributed by atoms with E-state index in [4.69, 9.17) is 4.74 Å². The van der Waals surface area contributed by atoms with Gasteiger partial charge in [-0.25, -0.2) is 0 Å². The highest BCUT2D eigenvalue weighted by Gasteiger charge is 2.33. The van der Waals surface area contributed by atoms with Gasteiger partial charge in [0.1, 0.15) is 18.2 Å². The predicted molar refractivity (Wildman–Crippen MR) is 117 cm³/mol. The summed E-state index contributed by atoms with van der Waals surface area (Å²) in [7, 11) is 1.48. The molecule has 33 heavy (non-hydrogen) atoms. The molecule has 172 valence electrons. The Balaban J connectivity index is 1.72. The molecule has 0 aromatic heterocycles. The number of hydrogen-bond donors (Lipinski definition) is 0. The third-order valence-corrected chi connectivity index (χ3v) is 5.08. The van der Waals surface area contributed by atoms with E-state index in [2.05, 4.69) is 0 Å². The first-order chi connectivity index (χ1) is 15.7. The van der Waals surface area contributed by atoms with Crippen LogP contribution in [0.2, 0.25) is 0 Å². The summed E-state index contributed by atoms with van der Waals surface area (Å²) < 4.78 is 44.2. The SMILES string of the molecule is CN(CCOC(=O)C(c1ccccc1)c1ccccc1)c1ccc(C(F)(F)F)cc1[N+](=O)[O-]. The Morgan fingerprint density at radius 2 is 1.55 bits per heavy atom. The summed E-state index contributed by atoms with van der Waals surface area (Å²) in [6.45, 7) is -0.0576. The number of benzene rings is 3. The van der Waals surface area contributed by atoms with E-state index in [0.29, 0.717) is 6.07 Å². The molecule has 0 unspecified atom stereocenters. The van der Waals surface area contributed by atoms with Crippen LogP contribution >= 0.6 is 0 Å². The molecule has 0 saturated carbocycles. The van der Waals surface area contributed by atoms with Gasteiger partial charge >= 0.3 is 12.1 Å². The Morgan fingerprint density at radius 1 is 1.00 bits per heavy atom. The van der Waals surface area contributed by atoms with Crippen LogP contribution in [0.4, 0.5) is 24.5 Å². The lowest BCUT2D eigenvalue weighted by molar-refractivity contribution is -0.384. The van der Waals surface area contributed by atoms with E-state index in [1.165, 1.54) is 11.9 Å². The van der Waals surface area contributed by atoms with Crippen LogP contribution in [0, 0.1) is 10.1 Å². The van der Waals surface area contributed by atoms with Crippen molar-refractivity contribution in [1.29, 1.82) is 0 Å². The van der Waals surface area contributed by atoms with E-state index >= 15 is 0 Å². The highest BCUT2D eigenvalue weighted by atomic mass is 19.4. The molecule has 0 aliphatic rings. The predicted octanol–water partition coefficient (Wildman–Crippen LogP) is 5.43. The van der Waals surface area contributed by atoms with Crippen molar-refractivity contribution < 1.29 is 27.6 Å². The third kappa shape index (κ3) is 5.88. The molecular formula is C24H21F3N2O4. The maximum Gasteiger partial charge on any atom is 0.416 e. The van der Waals surface area contributed by atoms with Crippen LogP contribution in [0.1, 0.15) is 22.6 Å². The molecule has 0 N–H and O–H groups in total. The minimum atomic E-state index is -4.69. The van der Waals surface area contributed by atoms with Crippen LogP contribution < -0.4 is 4.90 Å². The van der Waals surface area contributed by atoms with Crippen molar-refractivity contribution in [3.8, 4) is 0 Å². The largest absolute Gasteiger partial charge is 0.463 e. The highest BCUT2D eigenvalue weighted by molar-refractivity contribution is 5.82. The van der Waals surface area contributed by atoms with Crippen LogP contribution in [0.25, 0.3) is 0 Å². The molecule has 0 atom stereocenters. The molecule has 6 nitrogen and oxygen atoms in total. The van der Waals surface area contributed by atoms with Gasteiger partial charge in [-0.15, -0.1) is 0 Å². The number of nitro benzene ring substituents is 1. The average molecular weight is 458 g/mol. The number of ether oxygens (including phenoxy) is 1. The summed E-state index contributed by atoms with van der Waals surface area (Å²) in [5.74, 6) is -1.15. The monoisotopic (exact) mass is 458 g/mol. The number of nitrogens with zero attached hydrogens (tertiary/aromatic N) is 2. The lowest BCUT2D eigenvalue weighted by Crippen LogP contribution is -2.26. The number of carbonyl (C=O) groups excluding carboxylic acids is 1. The van der Waals surface area contributed by atoms with E-state index in [9.17, 15) is 28.1 Å². The standard InChI is InChI=1S/C24H21F3N2O4/c1-28(20-13-12-19(24(25,26)27)16-21(20)29(31)32)14-15-33-23(30)22(17-8-4-2-5-9-17)18-10-6-3-7-11-18/h2-13,16,22H,14-15H2,1H3. The van der Waals surface area contributed by atoms with Crippen molar-refractivity contribution in [2.24, 2.45) is 0 Å². The van der Waals surface area contributed by atoms with Crippen LogP contribution in [0.3, 0.4) is 0 Å². The zero-order chi connectivity index (χ0) is 24.0. The second-order valence-corrected chi connectivity index (χ2v) is 7.30. The third-order valence-electron chi connectivity index (χ3n) is 5.08. The first-order valence-electron chi connectivity index (χ1n) is 10.0. The van der Waals surface area contributed by atoms with Gasteiger partial charge in [0.25, 0.3) is 5.69 Å². The Hall–Kier alpha value is -3.88. The highest BCUT2D eigenvalue weighted by Crippen LogP contribution is 2.36. The fourth-order valence-corrected chi connectivity index (χ4v) is 3.41. The van der Waals surface area contributed by atoms with Gasteiger partial charge in [-0.1, -0.05) is 60.7 Å². The molecule has 0 spiro atoms. The number of alkyl halides is 3. The maximum absolute atomic E-state index is 12.9. The number of halogens is 3. The van der Waals surface area contributed by atoms with E-state index in [1.54, 1.807) is 0 Å². The Kier molecular flexibility index (Phi) is 7.32. The number of esters is 1. The molecule has 0 radical (unpaired) electrons. The van der Waals surface area contributed by atoms with Crippen molar-refractivity contribution in [2.45, 2.75) is 12.1 Å². The number of hydrogen-bond acceptors (Lipinski definition) is 5. The van der Waals surface area contributed by atoms with Crippen molar-refractivity contribution in [1.82, 2.24) is 0 Å². The Bertz CT molecular complexity index is 1070. The normalized spacial score (nSPS) is 11.3. The summed E-state index contributed by atoms with van der Waals surface area (Å²) in [5, 5.41) is 11.3. The number of likely N-dealkylation sites (N-methyl/N-ethyl adjacent to an activating group) is 1. The smallest absolute Gasteiger partial charge is 0.416 e. The fourth-order valence-electron chi connectivity index (χ4n) is 3.41. The average Bonchev–Trinajstić information content (AvgIpc) is 2.79. The van der Waals surface area contributed by atoms with Gasteiger partial charge in [0.2, 0.25) is 0 Å². The van der Waals surface area contributed by atoms with Gasteiger partial charge < -0.3 is 9.64 Å². The van der Waals surface area contributed by atoms with Gasteiger partial charge in [0.05, 0.1) is 17.0 Å². The summed E-state index contributed by atoms with van der Waals surface area (Å²) in [6.07, 6.45) is -4.69. The summed E-state index contributed by atoms with van der Waals surface area (Å²) in [5.41, 5.74) is -0.288. The molecule has 0 saturated heterocycles. The van der Waals surface area contributed by atoms with Gasteiger partial charge in [-0.05, 0) is 23.3 Å². The molecule has 3 rings (SSSR count). The van der Waals surface area contributed by atoms with Crippen LogP contribution in [0.15, 0.2) is 78.9 Å². The van der Waals surface area contributed by atoms with Crippen LogP contribution in [-0.4, -0.2) is 31.1 Å². The Labute approximate surface area is 188 Å². The lowest BCUT2D eigenvalue weighted by atomic mass is 9.91. The van der Waals surface area contributed by atoms with Gasteiger partial charge in [0.15, 0.2) is 0 Å². The van der Waals surface area contributed by atoms with Gasteiger partial charge in [-0.2, -0.15) is 13.2 Å². The molecule has 0 aliphatic carbocycles. The topological polar surface area (TPSA) is 72.7 Å². The first kappa shape index (κ1) is 23.8. The second-order valence-electron chi connectivity index (χ2n) is 7.30. The minimum absolute atomic E-state index is 0.00767. The molecule has 0 fully saturated rings. The summed E-state index contributed by atoms with van der Waals surface area (Å²) in [4.78, 5) is 24.7. The van der Waals surface area contributed by atoms with E-state index in [-0.39, 0.29) is 18.8 Å². The number of carbonyl (C=O) groups is 1. The molecule has 3 aromatic carbocycles. The first-order valence-corrected chi connectivity index (χ1v) is 10.0. The van der Waals surface area contributed by atoms with Gasteiger partial charge in [0, 0.05) is 13.1 Å². The van der Waals surface area contributed by atoms with E-state index in [1.807, 2.05) is 60.7 Å². The summed E-state index contributed by atoms with van der Waals surface area (Å²) >= 11 is 0. The second kappa shape index (κ2) is 10.2. The fraction of sp³-hybridized carbons (Fsp3) is 0.208. The number of nitro groups is 1. The van der Waals surface area contributed by atoms with Crippen LogP contribution in [-0.2, 0) is 15.7 Å². The molecule has 9 heteroatoms. The Morgan fingerprint density at radius 3 is 2.03 bits per heavy atom. The molecular weight excluding hydrogens is 437 g/mol. The minimum Gasteiger partial charge on any atom is -0.463 e. The molecule has 3 aromatic rings. The lowest BCUT2D eigenvalue weighted by Gasteiger charge is -2.21. The molecule has 0 aliphatic heterocycles. The van der Waals surface area contributed by atoms with Crippen molar-refractivity contribution >= 4 is 17.3 Å². The van der Waals surface area contributed by atoms with E-state index in [0.717, 1.165) is 23.3 Å². The quantitative estimate of drug-likeness (QED) is 0.256. The summed E-state index contributed by atoms with van der Waals surface area (Å²) in [6, 6.07) is 20.5. The van der Waals surface area contributed by atoms with Crippen LogP contribution in [0.5, 0.6) is 0 Å². The van der Waals surface area contributed by atoms with Crippen molar-refractivity contribution in [3.05, 3.63) is 106 Å². The number of rotatable bonds is 8. The van der Waals surface area contributed by atoms with Crippen molar-refractivity contribution in [3.63, 3.8) is 0 Å². The zero-order valence-electron chi connectivity index (χ0n) is 17.7.